The Labute approximate surface area is 233 Å². The van der Waals surface area contributed by atoms with Crippen molar-refractivity contribution in [2.75, 3.05) is 26.4 Å². The first-order chi connectivity index (χ1) is 18.5. The summed E-state index contributed by atoms with van der Waals surface area (Å²) in [5, 5.41) is 19.7. The molecule has 11 unspecified atom stereocenters. The highest BCUT2D eigenvalue weighted by Crippen LogP contribution is 2.54. The van der Waals surface area contributed by atoms with Crippen LogP contribution in [0.15, 0.2) is 0 Å². The van der Waals surface area contributed by atoms with E-state index in [2.05, 4.69) is 0 Å². The smallest absolute Gasteiger partial charge is 0.392 e. The van der Waals surface area contributed by atoms with Crippen molar-refractivity contribution < 1.29 is 42.2 Å². The van der Waals surface area contributed by atoms with Crippen molar-refractivity contribution in [3.05, 3.63) is 0 Å². The third-order valence-corrected chi connectivity index (χ3v) is 9.53. The van der Waals surface area contributed by atoms with Crippen LogP contribution in [0.3, 0.4) is 0 Å². The number of hydrogen-bond donors (Lipinski definition) is 2. The summed E-state index contributed by atoms with van der Waals surface area (Å²) < 4.78 is 49.8. The Hall–Kier alpha value is -1.09. The predicted octanol–water partition coefficient (Wildman–Crippen LogP) is 3.97. The lowest BCUT2D eigenvalue weighted by molar-refractivity contribution is -0.185. The van der Waals surface area contributed by atoms with Gasteiger partial charge in [-0.1, -0.05) is 41.5 Å². The Bertz CT molecular complexity index is 839. The SMILES string of the molecule is CCC1OC(COP(=O)(OCCC#N)OC2C(C)C(CC)OC(COCCCC(N)=O)C2C)C(C)C(O)C1C. The number of nitriles is 1. The number of ether oxygens (including phenoxy) is 3. The lowest BCUT2D eigenvalue weighted by Crippen LogP contribution is -2.51. The van der Waals surface area contributed by atoms with Crippen molar-refractivity contribution in [3.8, 4) is 6.07 Å². The Morgan fingerprint density at radius 1 is 0.923 bits per heavy atom. The van der Waals surface area contributed by atoms with Crippen LogP contribution < -0.4 is 5.73 Å². The zero-order valence-electron chi connectivity index (χ0n) is 24.3. The van der Waals surface area contributed by atoms with Gasteiger partial charge in [0.15, 0.2) is 0 Å². The summed E-state index contributed by atoms with van der Waals surface area (Å²) in [6.07, 6.45) is -0.00239. The maximum atomic E-state index is 13.9. The Kier molecular flexibility index (Phi) is 14.3. The van der Waals surface area contributed by atoms with E-state index in [1.165, 1.54) is 0 Å². The molecule has 0 spiro atoms. The number of nitrogens with zero attached hydrogens (tertiary/aromatic N) is 1. The lowest BCUT2D eigenvalue weighted by atomic mass is 9.82. The van der Waals surface area contributed by atoms with Crippen molar-refractivity contribution in [3.63, 3.8) is 0 Å². The second kappa shape index (κ2) is 16.4. The van der Waals surface area contributed by atoms with Crippen molar-refractivity contribution in [1.82, 2.24) is 0 Å². The third kappa shape index (κ3) is 9.75. The molecule has 3 N–H and O–H groups in total. The molecule has 0 aliphatic carbocycles. The molecule has 0 aromatic heterocycles. The van der Waals surface area contributed by atoms with E-state index in [-0.39, 0.29) is 80.6 Å². The molecule has 2 rings (SSSR count). The van der Waals surface area contributed by atoms with Gasteiger partial charge in [0, 0.05) is 36.7 Å². The van der Waals surface area contributed by atoms with E-state index < -0.39 is 26.1 Å². The number of phosphoric acid groups is 1. The van der Waals surface area contributed by atoms with Crippen LogP contribution in [0.1, 0.15) is 73.6 Å². The molecule has 0 bridgehead atoms. The van der Waals surface area contributed by atoms with Crippen LogP contribution in [0.5, 0.6) is 0 Å². The first-order valence-electron chi connectivity index (χ1n) is 14.3. The first-order valence-corrected chi connectivity index (χ1v) is 15.7. The van der Waals surface area contributed by atoms with E-state index in [4.69, 9.17) is 38.8 Å². The zero-order chi connectivity index (χ0) is 29.2. The van der Waals surface area contributed by atoms with Gasteiger partial charge < -0.3 is 25.1 Å². The minimum atomic E-state index is -4.12. The number of aliphatic hydroxyl groups is 1. The van der Waals surface area contributed by atoms with Gasteiger partial charge in [0.2, 0.25) is 5.91 Å². The van der Waals surface area contributed by atoms with Crippen LogP contribution in [-0.2, 0) is 37.1 Å². The summed E-state index contributed by atoms with van der Waals surface area (Å²) in [7, 11) is -4.12. The minimum Gasteiger partial charge on any atom is -0.392 e. The number of hydrogen-bond acceptors (Lipinski definition) is 10. The Morgan fingerprint density at radius 2 is 1.49 bits per heavy atom. The molecule has 0 aromatic carbocycles. The van der Waals surface area contributed by atoms with Crippen LogP contribution in [0.2, 0.25) is 0 Å². The van der Waals surface area contributed by atoms with Gasteiger partial charge in [-0.05, 0) is 19.3 Å². The molecular formula is C27H49N2O9P. The third-order valence-electron chi connectivity index (χ3n) is 8.07. The molecule has 39 heavy (non-hydrogen) atoms. The molecule has 0 aromatic rings. The average molecular weight is 577 g/mol. The average Bonchev–Trinajstić information content (AvgIpc) is 2.90. The summed E-state index contributed by atoms with van der Waals surface area (Å²) in [6.45, 7) is 12.2. The molecule has 1 amide bonds. The van der Waals surface area contributed by atoms with Gasteiger partial charge in [0.25, 0.3) is 0 Å². The fraction of sp³-hybridized carbons (Fsp3) is 0.926. The molecule has 226 valence electrons. The first kappa shape index (κ1) is 34.1. The fourth-order valence-electron chi connectivity index (χ4n) is 5.44. The number of rotatable bonds is 16. The van der Waals surface area contributed by atoms with Gasteiger partial charge in [-0.2, -0.15) is 5.26 Å². The summed E-state index contributed by atoms with van der Waals surface area (Å²) in [5.74, 6) is -0.974. The lowest BCUT2D eigenvalue weighted by Gasteiger charge is -2.45. The standard InChI is InChI=1S/C27H49N2O9P/c1-7-21-17(3)26(31)18(4)24(36-21)16-35-39(32,34-14-10-12-28)38-27-19(5)22(8-2)37-23(20(27)6)15-33-13-9-11-25(29)30/h17-24,26-27,31H,7-11,13-16H2,1-6H3,(H2,29,30). The largest absolute Gasteiger partial charge is 0.475 e. The molecule has 11 atom stereocenters. The highest BCUT2D eigenvalue weighted by molar-refractivity contribution is 7.48. The Balaban J connectivity index is 2.14. The van der Waals surface area contributed by atoms with Crippen LogP contribution in [0.25, 0.3) is 0 Å². The highest BCUT2D eigenvalue weighted by Gasteiger charge is 2.47. The van der Waals surface area contributed by atoms with Crippen LogP contribution in [0.4, 0.5) is 0 Å². The van der Waals surface area contributed by atoms with Gasteiger partial charge in [0.1, 0.15) is 0 Å². The van der Waals surface area contributed by atoms with E-state index >= 15 is 0 Å². The van der Waals surface area contributed by atoms with Gasteiger partial charge in [-0.15, -0.1) is 0 Å². The molecule has 11 nitrogen and oxygen atoms in total. The van der Waals surface area contributed by atoms with Crippen molar-refractivity contribution >= 4 is 13.7 Å². The number of aliphatic hydroxyl groups excluding tert-OH is 1. The topological polar surface area (TPSA) is 160 Å². The fourth-order valence-corrected chi connectivity index (χ4v) is 6.96. The highest BCUT2D eigenvalue weighted by atomic mass is 31.2. The summed E-state index contributed by atoms with van der Waals surface area (Å²) in [5.41, 5.74) is 5.19. The van der Waals surface area contributed by atoms with Gasteiger partial charge in [0.05, 0.1) is 68.9 Å². The number of nitrogens with two attached hydrogens (primary N) is 1. The molecule has 12 heteroatoms. The van der Waals surface area contributed by atoms with Crippen LogP contribution in [-0.4, -0.2) is 74.1 Å². The maximum absolute atomic E-state index is 13.9. The molecule has 2 saturated heterocycles. The summed E-state index contributed by atoms with van der Waals surface area (Å²) in [6, 6.07) is 1.98. The van der Waals surface area contributed by atoms with E-state index in [1.807, 2.05) is 47.6 Å². The summed E-state index contributed by atoms with van der Waals surface area (Å²) >= 11 is 0. The molecular weight excluding hydrogens is 527 g/mol. The van der Waals surface area contributed by atoms with Gasteiger partial charge >= 0.3 is 7.82 Å². The quantitative estimate of drug-likeness (QED) is 0.203. The molecule has 2 aliphatic heterocycles. The van der Waals surface area contributed by atoms with Gasteiger partial charge in [-0.3, -0.25) is 18.4 Å². The second-order valence-electron chi connectivity index (χ2n) is 10.9. The van der Waals surface area contributed by atoms with Crippen molar-refractivity contribution in [2.45, 2.75) is 110 Å². The van der Waals surface area contributed by atoms with E-state index in [0.29, 0.717) is 19.4 Å². The minimum absolute atomic E-state index is 0.0268. The van der Waals surface area contributed by atoms with Crippen molar-refractivity contribution in [2.24, 2.45) is 29.4 Å². The number of carbonyl (C=O) groups is 1. The van der Waals surface area contributed by atoms with E-state index in [0.717, 1.165) is 6.42 Å². The van der Waals surface area contributed by atoms with Gasteiger partial charge in [-0.25, -0.2) is 4.57 Å². The molecule has 2 fully saturated rings. The zero-order valence-corrected chi connectivity index (χ0v) is 25.2. The molecule has 2 heterocycles. The van der Waals surface area contributed by atoms with Crippen LogP contribution >= 0.6 is 7.82 Å². The monoisotopic (exact) mass is 576 g/mol. The number of amides is 1. The van der Waals surface area contributed by atoms with E-state index in [9.17, 15) is 14.5 Å². The maximum Gasteiger partial charge on any atom is 0.475 e. The summed E-state index contributed by atoms with van der Waals surface area (Å²) in [4.78, 5) is 11.0. The molecule has 2 aliphatic rings. The number of phosphoric ester groups is 1. The molecule has 0 saturated carbocycles. The second-order valence-corrected chi connectivity index (χ2v) is 12.5. The predicted molar refractivity (Wildman–Crippen MR) is 144 cm³/mol. The number of carbonyl (C=O) groups excluding carboxylic acids is 1. The van der Waals surface area contributed by atoms with Crippen molar-refractivity contribution in [1.29, 1.82) is 5.26 Å². The van der Waals surface area contributed by atoms with Crippen LogP contribution in [0, 0.1) is 35.0 Å². The van der Waals surface area contributed by atoms with E-state index in [1.54, 1.807) is 0 Å². The number of primary amides is 1. The normalized spacial score (nSPS) is 36.7. The Morgan fingerprint density at radius 3 is 2.08 bits per heavy atom. The molecule has 0 radical (unpaired) electrons.